The topological polar surface area (TPSA) is 113 Å². The van der Waals surface area contributed by atoms with Crippen LogP contribution in [0.5, 0.6) is 0 Å². The Hall–Kier alpha value is -1.15. The van der Waals surface area contributed by atoms with E-state index in [2.05, 4.69) is 10.0 Å². The van der Waals surface area contributed by atoms with Crippen LogP contribution in [0.15, 0.2) is 0 Å². The van der Waals surface area contributed by atoms with Crippen LogP contribution in [0, 0.1) is 5.92 Å². The van der Waals surface area contributed by atoms with Gasteiger partial charge in [-0.05, 0) is 31.6 Å². The highest BCUT2D eigenvalue weighted by Gasteiger charge is 2.41. The number of carbonyl (C=O) groups is 2. The third kappa shape index (κ3) is 6.01. The minimum absolute atomic E-state index is 0.131. The van der Waals surface area contributed by atoms with Gasteiger partial charge in [0.2, 0.25) is 15.9 Å². The second-order valence-electron chi connectivity index (χ2n) is 6.27. The average Bonchev–Trinajstić information content (AvgIpc) is 2.21. The van der Waals surface area contributed by atoms with Crippen molar-refractivity contribution in [3.8, 4) is 0 Å². The highest BCUT2D eigenvalue weighted by atomic mass is 32.2. The highest BCUT2D eigenvalue weighted by molar-refractivity contribution is 7.88. The lowest BCUT2D eigenvalue weighted by atomic mass is 9.74. The molecule has 0 bridgehead atoms. The summed E-state index contributed by atoms with van der Waals surface area (Å²) in [5.41, 5.74) is -0.725. The Morgan fingerprint density at radius 1 is 1.29 bits per heavy atom. The van der Waals surface area contributed by atoms with Gasteiger partial charge in [-0.2, -0.15) is 0 Å². The van der Waals surface area contributed by atoms with E-state index < -0.39 is 33.5 Å². The van der Waals surface area contributed by atoms with Crippen molar-refractivity contribution >= 4 is 21.9 Å². The summed E-state index contributed by atoms with van der Waals surface area (Å²) in [6, 6.07) is -0.869. The molecule has 7 nitrogen and oxygen atoms in total. The molecule has 1 aliphatic carbocycles. The van der Waals surface area contributed by atoms with Gasteiger partial charge in [-0.1, -0.05) is 13.8 Å². The number of amides is 1. The molecule has 1 fully saturated rings. The Morgan fingerprint density at radius 2 is 1.86 bits per heavy atom. The van der Waals surface area contributed by atoms with Crippen LogP contribution in [-0.2, 0) is 19.6 Å². The first-order valence-electron chi connectivity index (χ1n) is 7.04. The van der Waals surface area contributed by atoms with Gasteiger partial charge in [0.1, 0.15) is 6.04 Å². The number of nitrogens with one attached hydrogen (secondary N) is 2. The number of rotatable bonds is 8. The second-order valence-corrected chi connectivity index (χ2v) is 8.05. The molecule has 0 spiro atoms. The van der Waals surface area contributed by atoms with E-state index in [1.807, 2.05) is 13.8 Å². The molecule has 21 heavy (non-hydrogen) atoms. The predicted octanol–water partition coefficient (Wildman–Crippen LogP) is 0.464. The summed E-state index contributed by atoms with van der Waals surface area (Å²) in [6.45, 7) is 3.78. The minimum Gasteiger partial charge on any atom is -0.481 e. The van der Waals surface area contributed by atoms with E-state index >= 15 is 0 Å². The molecule has 0 heterocycles. The molecule has 0 aromatic heterocycles. The average molecular weight is 320 g/mol. The number of hydrogen-bond acceptors (Lipinski definition) is 4. The normalized spacial score (nSPS) is 18.9. The van der Waals surface area contributed by atoms with Crippen molar-refractivity contribution in [1.82, 2.24) is 10.0 Å². The lowest BCUT2D eigenvalue weighted by molar-refractivity contribution is -0.140. The molecule has 0 aromatic carbocycles. The van der Waals surface area contributed by atoms with Gasteiger partial charge in [-0.15, -0.1) is 0 Å². The Labute approximate surface area is 125 Å². The third-order valence-corrected chi connectivity index (χ3v) is 4.28. The number of carbonyl (C=O) groups excluding carboxylic acids is 1. The first-order chi connectivity index (χ1) is 9.53. The summed E-state index contributed by atoms with van der Waals surface area (Å²) in [5.74, 6) is -1.28. The molecule has 8 heteroatoms. The molecule has 0 aromatic rings. The quantitative estimate of drug-likeness (QED) is 0.601. The summed E-state index contributed by atoms with van der Waals surface area (Å²) in [6.07, 6.45) is 3.32. The molecule has 1 amide bonds. The van der Waals surface area contributed by atoms with E-state index in [9.17, 15) is 18.0 Å². The molecule has 0 radical (unpaired) electrons. The third-order valence-electron chi connectivity index (χ3n) is 3.57. The molecule has 1 atom stereocenters. The summed E-state index contributed by atoms with van der Waals surface area (Å²) < 4.78 is 25.1. The van der Waals surface area contributed by atoms with Crippen LogP contribution in [0.4, 0.5) is 0 Å². The van der Waals surface area contributed by atoms with Crippen LogP contribution in [0.3, 0.4) is 0 Å². The molecule has 1 rings (SSSR count). The maximum atomic E-state index is 12.3. The molecule has 1 unspecified atom stereocenters. The number of hydrogen-bond donors (Lipinski definition) is 3. The van der Waals surface area contributed by atoms with Gasteiger partial charge in [0.25, 0.3) is 0 Å². The Kier molecular flexibility index (Phi) is 5.75. The van der Waals surface area contributed by atoms with Crippen LogP contribution in [0.2, 0.25) is 0 Å². The Bertz CT molecular complexity index is 497. The van der Waals surface area contributed by atoms with Crippen LogP contribution >= 0.6 is 0 Å². The van der Waals surface area contributed by atoms with Crippen LogP contribution in [-0.4, -0.2) is 43.2 Å². The summed E-state index contributed by atoms with van der Waals surface area (Å²) in [4.78, 5) is 23.2. The van der Waals surface area contributed by atoms with E-state index in [4.69, 9.17) is 5.11 Å². The van der Waals surface area contributed by atoms with Crippen LogP contribution < -0.4 is 10.0 Å². The van der Waals surface area contributed by atoms with E-state index in [1.165, 1.54) is 0 Å². The molecule has 1 aliphatic rings. The molecule has 0 aliphatic heterocycles. The second kappa shape index (κ2) is 6.74. The van der Waals surface area contributed by atoms with Crippen molar-refractivity contribution in [3.63, 3.8) is 0 Å². The van der Waals surface area contributed by atoms with Gasteiger partial charge in [-0.3, -0.25) is 9.59 Å². The molecule has 1 saturated carbocycles. The van der Waals surface area contributed by atoms with Gasteiger partial charge in [0.05, 0.1) is 18.2 Å². The summed E-state index contributed by atoms with van der Waals surface area (Å²) in [5, 5.41) is 11.7. The van der Waals surface area contributed by atoms with Crippen LogP contribution in [0.1, 0.15) is 46.0 Å². The summed E-state index contributed by atoms with van der Waals surface area (Å²) >= 11 is 0. The SMILES string of the molecule is CC(C)CC(NS(C)(=O)=O)C(=O)NC1(CC(=O)O)CCC1. The molecule has 0 saturated heterocycles. The smallest absolute Gasteiger partial charge is 0.305 e. The monoisotopic (exact) mass is 320 g/mol. The number of aliphatic carboxylic acids is 1. The number of sulfonamides is 1. The first kappa shape index (κ1) is 17.9. The zero-order valence-corrected chi connectivity index (χ0v) is 13.5. The minimum atomic E-state index is -3.51. The van der Waals surface area contributed by atoms with Crippen molar-refractivity contribution in [2.75, 3.05) is 6.26 Å². The zero-order valence-electron chi connectivity index (χ0n) is 12.7. The largest absolute Gasteiger partial charge is 0.481 e. The van der Waals surface area contributed by atoms with E-state index in [0.717, 1.165) is 12.7 Å². The lowest BCUT2D eigenvalue weighted by Crippen LogP contribution is -2.59. The van der Waals surface area contributed by atoms with E-state index in [-0.39, 0.29) is 12.3 Å². The fourth-order valence-corrected chi connectivity index (χ4v) is 3.25. The fourth-order valence-electron chi connectivity index (χ4n) is 2.53. The van der Waals surface area contributed by atoms with Gasteiger partial charge < -0.3 is 10.4 Å². The van der Waals surface area contributed by atoms with Gasteiger partial charge in [0, 0.05) is 0 Å². The van der Waals surface area contributed by atoms with E-state index in [0.29, 0.717) is 19.3 Å². The van der Waals surface area contributed by atoms with Crippen molar-refractivity contribution in [2.45, 2.75) is 57.5 Å². The molecule has 122 valence electrons. The van der Waals surface area contributed by atoms with Crippen molar-refractivity contribution in [3.05, 3.63) is 0 Å². The van der Waals surface area contributed by atoms with Gasteiger partial charge in [-0.25, -0.2) is 13.1 Å². The summed E-state index contributed by atoms with van der Waals surface area (Å²) in [7, 11) is -3.51. The van der Waals surface area contributed by atoms with Crippen LogP contribution in [0.25, 0.3) is 0 Å². The van der Waals surface area contributed by atoms with Crippen molar-refractivity contribution in [1.29, 1.82) is 0 Å². The maximum absolute atomic E-state index is 12.3. The van der Waals surface area contributed by atoms with Gasteiger partial charge >= 0.3 is 5.97 Å². The molecular weight excluding hydrogens is 296 g/mol. The van der Waals surface area contributed by atoms with Crippen molar-refractivity contribution < 1.29 is 23.1 Å². The fraction of sp³-hybridized carbons (Fsp3) is 0.846. The number of carboxylic acids is 1. The maximum Gasteiger partial charge on any atom is 0.305 e. The van der Waals surface area contributed by atoms with Gasteiger partial charge in [0.15, 0.2) is 0 Å². The van der Waals surface area contributed by atoms with E-state index in [1.54, 1.807) is 0 Å². The first-order valence-corrected chi connectivity index (χ1v) is 8.93. The van der Waals surface area contributed by atoms with Crippen molar-refractivity contribution in [2.24, 2.45) is 5.92 Å². The zero-order chi connectivity index (χ0) is 16.3. The lowest BCUT2D eigenvalue weighted by Gasteiger charge is -2.42. The highest BCUT2D eigenvalue weighted by Crippen LogP contribution is 2.35. The Morgan fingerprint density at radius 3 is 2.19 bits per heavy atom. The predicted molar refractivity (Wildman–Crippen MR) is 78.2 cm³/mol. The standard InChI is InChI=1S/C13H24N2O5S/c1-9(2)7-10(15-21(3,19)20)12(18)14-13(5-4-6-13)8-11(16)17/h9-10,15H,4-8H2,1-3H3,(H,14,18)(H,16,17). The number of carboxylic acid groups (broad SMARTS) is 1. The molecule has 3 N–H and O–H groups in total. The molecular formula is C13H24N2O5S. The Balaban J connectivity index is 2.77.